The van der Waals surface area contributed by atoms with Gasteiger partial charge in [-0.05, 0) is 55.7 Å². The third-order valence-electron chi connectivity index (χ3n) is 6.53. The van der Waals surface area contributed by atoms with Gasteiger partial charge in [0.05, 0.1) is 22.5 Å². The highest BCUT2D eigenvalue weighted by Gasteiger charge is 2.36. The van der Waals surface area contributed by atoms with Gasteiger partial charge in [0.2, 0.25) is 21.8 Å². The summed E-state index contributed by atoms with van der Waals surface area (Å²) >= 11 is 5.75. The number of sulfonamides is 1. The molecule has 0 aliphatic carbocycles. The Morgan fingerprint density at radius 2 is 1.60 bits per heavy atom. The van der Waals surface area contributed by atoms with Gasteiger partial charge in [0.1, 0.15) is 12.6 Å². The quantitative estimate of drug-likeness (QED) is 0.301. The molecule has 2 amide bonds. The molecule has 0 fully saturated rings. The number of carbonyl (C=O) groups excluding carboxylic acids is 2. The standard InChI is InChI=1S/C30H33ClF3N3O4S/c1-20(2)35-29(39)27(16-22-11-6-5-7-12-22)36(18-23-13-9-8-10-21(23)3)28(38)19-37(42(4,40)41)24-14-15-26(31)25(17-24)30(32,33)34/h5-15,17,20,27H,16,18-19H2,1-4H3,(H,35,39)/t27-/m0/s1. The SMILES string of the molecule is Cc1ccccc1CN(C(=O)CN(c1ccc(Cl)c(C(F)(F)F)c1)S(C)(=O)=O)[C@@H](Cc1ccccc1)C(=O)NC(C)C. The Kier molecular flexibility index (Phi) is 10.7. The van der Waals surface area contributed by atoms with Crippen LogP contribution >= 0.6 is 11.6 Å². The van der Waals surface area contributed by atoms with Crippen molar-refractivity contribution >= 4 is 39.1 Å². The predicted molar refractivity (Wildman–Crippen MR) is 158 cm³/mol. The first kappa shape index (κ1) is 32.9. The predicted octanol–water partition coefficient (Wildman–Crippen LogP) is 5.60. The number of halogens is 4. The number of amides is 2. The molecule has 0 bridgehead atoms. The van der Waals surface area contributed by atoms with E-state index in [0.717, 1.165) is 35.1 Å². The van der Waals surface area contributed by atoms with E-state index < -0.39 is 51.2 Å². The minimum atomic E-state index is -4.85. The highest BCUT2D eigenvalue weighted by Crippen LogP contribution is 2.37. The van der Waals surface area contributed by atoms with Crippen LogP contribution in [0.2, 0.25) is 5.02 Å². The van der Waals surface area contributed by atoms with E-state index in [2.05, 4.69) is 5.32 Å². The number of anilines is 1. The van der Waals surface area contributed by atoms with Crippen LogP contribution in [-0.2, 0) is 38.8 Å². The molecule has 0 aliphatic rings. The van der Waals surface area contributed by atoms with Gasteiger partial charge in [-0.1, -0.05) is 66.2 Å². The average molecular weight is 624 g/mol. The molecule has 226 valence electrons. The number of hydrogen-bond donors (Lipinski definition) is 1. The first-order valence-electron chi connectivity index (χ1n) is 13.1. The molecule has 3 aromatic rings. The Balaban J connectivity index is 2.11. The van der Waals surface area contributed by atoms with Gasteiger partial charge < -0.3 is 10.2 Å². The smallest absolute Gasteiger partial charge is 0.352 e. The van der Waals surface area contributed by atoms with Crippen LogP contribution in [0.25, 0.3) is 0 Å². The zero-order valence-corrected chi connectivity index (χ0v) is 25.2. The molecule has 1 N–H and O–H groups in total. The molecule has 0 saturated heterocycles. The maximum atomic E-state index is 14.1. The van der Waals surface area contributed by atoms with Crippen molar-refractivity contribution in [3.63, 3.8) is 0 Å². The minimum Gasteiger partial charge on any atom is -0.352 e. The largest absolute Gasteiger partial charge is 0.417 e. The van der Waals surface area contributed by atoms with E-state index in [-0.39, 0.29) is 24.7 Å². The normalized spacial score (nSPS) is 12.6. The van der Waals surface area contributed by atoms with Gasteiger partial charge in [-0.3, -0.25) is 13.9 Å². The molecule has 0 unspecified atom stereocenters. The lowest BCUT2D eigenvalue weighted by Gasteiger charge is -2.34. The average Bonchev–Trinajstić information content (AvgIpc) is 2.89. The molecular weight excluding hydrogens is 591 g/mol. The van der Waals surface area contributed by atoms with E-state index >= 15 is 0 Å². The van der Waals surface area contributed by atoms with E-state index in [1.165, 1.54) is 4.90 Å². The maximum Gasteiger partial charge on any atom is 0.417 e. The fraction of sp³-hybridized carbons (Fsp3) is 0.333. The lowest BCUT2D eigenvalue weighted by molar-refractivity contribution is -0.140. The van der Waals surface area contributed by atoms with Gasteiger partial charge in [-0.15, -0.1) is 0 Å². The Bertz CT molecular complexity index is 1520. The molecule has 0 aliphatic heterocycles. The highest BCUT2D eigenvalue weighted by molar-refractivity contribution is 7.92. The molecule has 0 spiro atoms. The lowest BCUT2D eigenvalue weighted by Crippen LogP contribution is -2.54. The number of alkyl halides is 3. The summed E-state index contributed by atoms with van der Waals surface area (Å²) in [6, 6.07) is 17.6. The van der Waals surface area contributed by atoms with E-state index in [1.54, 1.807) is 50.2 Å². The Labute approximate surface area is 249 Å². The fourth-order valence-electron chi connectivity index (χ4n) is 4.41. The summed E-state index contributed by atoms with van der Waals surface area (Å²) < 4.78 is 67.1. The Morgan fingerprint density at radius 3 is 2.17 bits per heavy atom. The van der Waals surface area contributed by atoms with Gasteiger partial charge >= 0.3 is 6.18 Å². The minimum absolute atomic E-state index is 0.0411. The molecule has 0 saturated carbocycles. The zero-order chi connectivity index (χ0) is 31.2. The van der Waals surface area contributed by atoms with E-state index in [4.69, 9.17) is 11.6 Å². The summed E-state index contributed by atoms with van der Waals surface area (Å²) in [6.45, 7) is 4.50. The summed E-state index contributed by atoms with van der Waals surface area (Å²) in [6.07, 6.45) is -3.94. The van der Waals surface area contributed by atoms with Crippen molar-refractivity contribution in [3.8, 4) is 0 Å². The van der Waals surface area contributed by atoms with Gasteiger partial charge in [0, 0.05) is 19.0 Å². The second kappa shape index (κ2) is 13.6. The maximum absolute atomic E-state index is 14.1. The van der Waals surface area contributed by atoms with E-state index in [9.17, 15) is 31.2 Å². The topological polar surface area (TPSA) is 86.8 Å². The first-order chi connectivity index (χ1) is 19.6. The highest BCUT2D eigenvalue weighted by atomic mass is 35.5. The van der Waals surface area contributed by atoms with Crippen molar-refractivity contribution in [2.75, 3.05) is 17.1 Å². The third kappa shape index (κ3) is 8.72. The lowest BCUT2D eigenvalue weighted by atomic mass is 10.0. The second-order valence-corrected chi connectivity index (χ2v) is 12.6. The molecule has 12 heteroatoms. The molecular formula is C30H33ClF3N3O4S. The third-order valence-corrected chi connectivity index (χ3v) is 8.00. The zero-order valence-electron chi connectivity index (χ0n) is 23.7. The van der Waals surface area contributed by atoms with Crippen LogP contribution in [-0.4, -0.2) is 50.0 Å². The number of nitrogens with zero attached hydrogens (tertiary/aromatic N) is 2. The van der Waals surface area contributed by atoms with Crippen LogP contribution in [0.15, 0.2) is 72.8 Å². The van der Waals surface area contributed by atoms with Crippen LogP contribution < -0.4 is 9.62 Å². The van der Waals surface area contributed by atoms with Crippen molar-refractivity contribution in [2.24, 2.45) is 0 Å². The first-order valence-corrected chi connectivity index (χ1v) is 15.3. The number of rotatable bonds is 11. The van der Waals surface area contributed by atoms with E-state index in [0.29, 0.717) is 10.4 Å². The fourth-order valence-corrected chi connectivity index (χ4v) is 5.47. The van der Waals surface area contributed by atoms with Gasteiger partial charge in [0.25, 0.3) is 0 Å². The van der Waals surface area contributed by atoms with Crippen molar-refractivity contribution in [3.05, 3.63) is 100 Å². The summed E-state index contributed by atoms with van der Waals surface area (Å²) in [4.78, 5) is 28.9. The molecule has 3 aromatic carbocycles. The summed E-state index contributed by atoms with van der Waals surface area (Å²) in [5, 5.41) is 2.23. The molecule has 3 rings (SSSR count). The molecule has 0 aromatic heterocycles. The molecule has 0 radical (unpaired) electrons. The summed E-state index contributed by atoms with van der Waals surface area (Å²) in [7, 11) is -4.25. The van der Waals surface area contributed by atoms with Crippen LogP contribution in [0.4, 0.5) is 18.9 Å². The van der Waals surface area contributed by atoms with Crippen LogP contribution in [0.5, 0.6) is 0 Å². The number of hydrogen-bond acceptors (Lipinski definition) is 4. The second-order valence-electron chi connectivity index (χ2n) is 10.2. The van der Waals surface area contributed by atoms with Gasteiger partial charge in [-0.2, -0.15) is 13.2 Å². The number of aryl methyl sites for hydroxylation is 1. The Hall–Kier alpha value is -3.57. The molecule has 0 heterocycles. The monoisotopic (exact) mass is 623 g/mol. The number of carbonyl (C=O) groups is 2. The molecule has 7 nitrogen and oxygen atoms in total. The van der Waals surface area contributed by atoms with Crippen molar-refractivity contribution < 1.29 is 31.2 Å². The van der Waals surface area contributed by atoms with Gasteiger partial charge in [0.15, 0.2) is 0 Å². The Morgan fingerprint density at radius 1 is 0.976 bits per heavy atom. The molecule has 42 heavy (non-hydrogen) atoms. The van der Waals surface area contributed by atoms with Gasteiger partial charge in [-0.25, -0.2) is 8.42 Å². The number of benzene rings is 3. The van der Waals surface area contributed by atoms with Crippen LogP contribution in [0, 0.1) is 6.92 Å². The summed E-state index contributed by atoms with van der Waals surface area (Å²) in [5.74, 6) is -1.22. The molecule has 1 atom stereocenters. The number of nitrogens with one attached hydrogen (secondary N) is 1. The van der Waals surface area contributed by atoms with Crippen molar-refractivity contribution in [2.45, 2.75) is 52.0 Å². The van der Waals surface area contributed by atoms with Crippen molar-refractivity contribution in [1.29, 1.82) is 0 Å². The van der Waals surface area contributed by atoms with Crippen LogP contribution in [0.3, 0.4) is 0 Å². The van der Waals surface area contributed by atoms with Crippen molar-refractivity contribution in [1.82, 2.24) is 10.2 Å². The van der Waals surface area contributed by atoms with E-state index in [1.807, 2.05) is 25.1 Å². The summed E-state index contributed by atoms with van der Waals surface area (Å²) in [5.41, 5.74) is 0.697. The van der Waals surface area contributed by atoms with Crippen LogP contribution in [0.1, 0.15) is 36.1 Å².